The van der Waals surface area contributed by atoms with Gasteiger partial charge in [0.2, 0.25) is 17.7 Å². The van der Waals surface area contributed by atoms with Crippen molar-refractivity contribution in [3.8, 4) is 0 Å². The van der Waals surface area contributed by atoms with E-state index in [1.54, 1.807) is 11.3 Å². The summed E-state index contributed by atoms with van der Waals surface area (Å²) >= 11 is 1.59. The van der Waals surface area contributed by atoms with Gasteiger partial charge in [0.1, 0.15) is 0 Å². The first-order chi connectivity index (χ1) is 11.1. The van der Waals surface area contributed by atoms with Crippen molar-refractivity contribution in [1.82, 2.24) is 10.2 Å². The molecule has 4 unspecified atom stereocenters. The fraction of sp³-hybridized carbons (Fsp3) is 0.471. The highest BCUT2D eigenvalue weighted by atomic mass is 32.1. The highest BCUT2D eigenvalue weighted by Gasteiger charge is 2.58. The van der Waals surface area contributed by atoms with Crippen molar-refractivity contribution in [2.24, 2.45) is 23.7 Å². The maximum atomic E-state index is 12.5. The van der Waals surface area contributed by atoms with Crippen molar-refractivity contribution in [1.29, 1.82) is 0 Å². The SMILES string of the molecule is O=C(CCN1C(=O)C2C3C=CC(C3)C2C1=O)NCc1cccs1. The number of thiophene rings is 1. The van der Waals surface area contributed by atoms with Crippen molar-refractivity contribution >= 4 is 29.1 Å². The van der Waals surface area contributed by atoms with Gasteiger partial charge >= 0.3 is 0 Å². The summed E-state index contributed by atoms with van der Waals surface area (Å²) in [7, 11) is 0. The lowest BCUT2D eigenvalue weighted by Crippen LogP contribution is -2.36. The molecule has 2 fully saturated rings. The van der Waals surface area contributed by atoms with Crippen LogP contribution in [0.15, 0.2) is 29.7 Å². The normalized spacial score (nSPS) is 31.0. The zero-order chi connectivity index (χ0) is 16.0. The predicted octanol–water partition coefficient (Wildman–Crippen LogP) is 1.56. The summed E-state index contributed by atoms with van der Waals surface area (Å²) in [6.45, 7) is 0.693. The standard InChI is InChI=1S/C17H18N2O3S/c20-13(18-9-12-2-1-7-23-12)5-6-19-16(21)14-10-3-4-11(8-10)15(14)17(19)22/h1-4,7,10-11,14-15H,5-6,8-9H2,(H,18,20). The number of rotatable bonds is 5. The van der Waals surface area contributed by atoms with E-state index in [1.807, 2.05) is 17.5 Å². The van der Waals surface area contributed by atoms with Crippen LogP contribution >= 0.6 is 11.3 Å². The lowest BCUT2D eigenvalue weighted by atomic mass is 9.85. The van der Waals surface area contributed by atoms with Crippen molar-refractivity contribution in [2.75, 3.05) is 6.54 Å². The molecular weight excluding hydrogens is 312 g/mol. The Morgan fingerprint density at radius 3 is 2.52 bits per heavy atom. The van der Waals surface area contributed by atoms with Crippen molar-refractivity contribution < 1.29 is 14.4 Å². The average molecular weight is 330 g/mol. The van der Waals surface area contributed by atoms with Crippen LogP contribution in [0.3, 0.4) is 0 Å². The van der Waals surface area contributed by atoms with Gasteiger partial charge in [-0.15, -0.1) is 11.3 Å². The smallest absolute Gasteiger partial charge is 0.233 e. The highest BCUT2D eigenvalue weighted by Crippen LogP contribution is 2.52. The third-order valence-corrected chi connectivity index (χ3v) is 6.04. The molecule has 0 spiro atoms. The molecule has 6 heteroatoms. The average Bonchev–Trinajstić information content (AvgIpc) is 3.29. The Bertz CT molecular complexity index is 652. The summed E-state index contributed by atoms with van der Waals surface area (Å²) in [6.07, 6.45) is 5.26. The number of fused-ring (bicyclic) bond motifs is 5. The van der Waals surface area contributed by atoms with Crippen LogP contribution in [0, 0.1) is 23.7 Å². The fourth-order valence-corrected chi connectivity index (χ4v) is 4.73. The fourth-order valence-electron chi connectivity index (χ4n) is 4.09. The topological polar surface area (TPSA) is 66.5 Å². The summed E-state index contributed by atoms with van der Waals surface area (Å²) in [4.78, 5) is 39.3. The molecule has 4 atom stereocenters. The molecule has 3 aliphatic rings. The van der Waals surface area contributed by atoms with E-state index in [2.05, 4.69) is 17.5 Å². The van der Waals surface area contributed by atoms with Crippen LogP contribution in [-0.4, -0.2) is 29.2 Å². The quantitative estimate of drug-likeness (QED) is 0.658. The molecule has 23 heavy (non-hydrogen) atoms. The molecule has 1 N–H and O–H groups in total. The van der Waals surface area contributed by atoms with Crippen molar-refractivity contribution in [3.05, 3.63) is 34.5 Å². The van der Waals surface area contributed by atoms with Gasteiger partial charge in [0.25, 0.3) is 0 Å². The molecule has 1 saturated heterocycles. The van der Waals surface area contributed by atoms with Gasteiger partial charge in [0.15, 0.2) is 0 Å². The molecule has 120 valence electrons. The van der Waals surface area contributed by atoms with Crippen molar-refractivity contribution in [3.63, 3.8) is 0 Å². The number of hydrogen-bond donors (Lipinski definition) is 1. The molecule has 2 heterocycles. The van der Waals surface area contributed by atoms with Crippen LogP contribution < -0.4 is 5.32 Å². The molecule has 1 saturated carbocycles. The number of imide groups is 1. The van der Waals surface area contributed by atoms with Gasteiger partial charge in [-0.2, -0.15) is 0 Å². The molecule has 1 aromatic rings. The number of hydrogen-bond acceptors (Lipinski definition) is 4. The maximum Gasteiger partial charge on any atom is 0.233 e. The second-order valence-corrected chi connectivity index (χ2v) is 7.47. The zero-order valence-electron chi connectivity index (χ0n) is 12.6. The first-order valence-corrected chi connectivity index (χ1v) is 8.86. The van der Waals surface area contributed by atoms with E-state index < -0.39 is 0 Å². The molecular formula is C17H18N2O3S. The number of carbonyl (C=O) groups excluding carboxylic acids is 3. The van der Waals surface area contributed by atoms with Gasteiger partial charge in [-0.1, -0.05) is 18.2 Å². The molecule has 4 rings (SSSR count). The minimum absolute atomic E-state index is 0.0806. The molecule has 1 aliphatic heterocycles. The van der Waals surface area contributed by atoms with Crippen LogP contribution in [0.4, 0.5) is 0 Å². The third kappa shape index (κ3) is 2.41. The van der Waals surface area contributed by atoms with Gasteiger partial charge in [-0.05, 0) is 29.7 Å². The number of nitrogens with zero attached hydrogens (tertiary/aromatic N) is 1. The summed E-state index contributed by atoms with van der Waals surface area (Å²) in [5.74, 6) is -0.195. The molecule has 1 aromatic heterocycles. The summed E-state index contributed by atoms with van der Waals surface area (Å²) in [5.41, 5.74) is 0. The summed E-state index contributed by atoms with van der Waals surface area (Å²) < 4.78 is 0. The van der Waals surface area contributed by atoms with Crippen LogP contribution in [0.1, 0.15) is 17.7 Å². The zero-order valence-corrected chi connectivity index (χ0v) is 13.4. The Kier molecular flexibility index (Phi) is 3.56. The largest absolute Gasteiger partial charge is 0.351 e. The van der Waals surface area contributed by atoms with Crippen LogP contribution in [0.2, 0.25) is 0 Å². The number of amides is 3. The molecule has 0 aromatic carbocycles. The highest BCUT2D eigenvalue weighted by molar-refractivity contribution is 7.09. The van der Waals surface area contributed by atoms with Gasteiger partial charge in [-0.25, -0.2) is 0 Å². The first kappa shape index (κ1) is 14.6. The number of nitrogens with one attached hydrogen (secondary N) is 1. The van der Waals surface area contributed by atoms with Crippen LogP contribution in [0.5, 0.6) is 0 Å². The molecule has 2 aliphatic carbocycles. The first-order valence-electron chi connectivity index (χ1n) is 7.98. The minimum atomic E-state index is -0.174. The van der Waals surface area contributed by atoms with Crippen LogP contribution in [-0.2, 0) is 20.9 Å². The second kappa shape index (κ2) is 5.60. The van der Waals surface area contributed by atoms with E-state index in [9.17, 15) is 14.4 Å². The van der Waals surface area contributed by atoms with Gasteiger partial charge in [0, 0.05) is 17.8 Å². The van der Waals surface area contributed by atoms with Gasteiger partial charge < -0.3 is 5.32 Å². The van der Waals surface area contributed by atoms with Crippen molar-refractivity contribution in [2.45, 2.75) is 19.4 Å². The van der Waals surface area contributed by atoms with E-state index >= 15 is 0 Å². The molecule has 2 bridgehead atoms. The number of likely N-dealkylation sites (tertiary alicyclic amines) is 1. The molecule has 3 amide bonds. The van der Waals surface area contributed by atoms with E-state index in [0.29, 0.717) is 6.54 Å². The maximum absolute atomic E-state index is 12.5. The number of carbonyl (C=O) groups is 3. The second-order valence-electron chi connectivity index (χ2n) is 6.43. The van der Waals surface area contributed by atoms with E-state index in [1.165, 1.54) is 4.90 Å². The monoisotopic (exact) mass is 330 g/mol. The van der Waals surface area contributed by atoms with Gasteiger partial charge in [0.05, 0.1) is 18.4 Å². The lowest BCUT2D eigenvalue weighted by Gasteiger charge is -2.16. The Morgan fingerprint density at radius 2 is 1.91 bits per heavy atom. The third-order valence-electron chi connectivity index (χ3n) is 5.16. The summed E-state index contributed by atoms with van der Waals surface area (Å²) in [5, 5.41) is 4.79. The predicted molar refractivity (Wildman–Crippen MR) is 85.2 cm³/mol. The Morgan fingerprint density at radius 1 is 1.22 bits per heavy atom. The minimum Gasteiger partial charge on any atom is -0.351 e. The molecule has 0 radical (unpaired) electrons. The van der Waals surface area contributed by atoms with E-state index in [4.69, 9.17) is 0 Å². The lowest BCUT2D eigenvalue weighted by molar-refractivity contribution is -0.141. The van der Waals surface area contributed by atoms with E-state index in [0.717, 1.165) is 11.3 Å². The Balaban J connectivity index is 1.32. The number of allylic oxidation sites excluding steroid dienone is 2. The van der Waals surface area contributed by atoms with Gasteiger partial charge in [-0.3, -0.25) is 19.3 Å². The Labute approximate surface area is 138 Å². The Hall–Kier alpha value is -1.95. The molecule has 5 nitrogen and oxygen atoms in total. The summed E-state index contributed by atoms with van der Waals surface area (Å²) in [6, 6.07) is 3.90. The van der Waals surface area contributed by atoms with Crippen LogP contribution in [0.25, 0.3) is 0 Å². The van der Waals surface area contributed by atoms with E-state index in [-0.39, 0.29) is 54.4 Å².